The van der Waals surface area contributed by atoms with Crippen molar-refractivity contribution in [1.82, 2.24) is 15.5 Å². The number of carbonyl (C=O) groups excluding carboxylic acids is 1. The van der Waals surface area contributed by atoms with Crippen LogP contribution in [0.15, 0.2) is 65.7 Å². The Hall–Kier alpha value is -2.09. The van der Waals surface area contributed by atoms with Crippen LogP contribution in [0, 0.1) is 0 Å². The Morgan fingerprint density at radius 2 is 1.59 bits per heavy atom. The first-order valence-corrected chi connectivity index (χ1v) is 9.81. The maximum absolute atomic E-state index is 11.9. The van der Waals surface area contributed by atoms with Gasteiger partial charge in [0.2, 0.25) is 5.91 Å². The number of hydrogen-bond acceptors (Lipinski definition) is 2. The molecule has 0 aliphatic carbocycles. The van der Waals surface area contributed by atoms with Gasteiger partial charge in [0.15, 0.2) is 5.96 Å². The molecule has 0 spiro atoms. The summed E-state index contributed by atoms with van der Waals surface area (Å²) in [5, 5.41) is 6.83. The first kappa shape index (κ1) is 24.9. The van der Waals surface area contributed by atoms with Crippen molar-refractivity contribution in [3.8, 4) is 0 Å². The standard InChI is InChI=1S/C23H32N4O.HI/c1-18(21-13-9-6-10-14-21)19(2)26-23(25-17-22(28)27(3)4)24-16-15-20-11-7-5-8-12-20;/h5-14,18-19H,15-17H2,1-4H3,(H2,24,25,26);1H. The van der Waals surface area contributed by atoms with Gasteiger partial charge in [0, 0.05) is 32.6 Å². The van der Waals surface area contributed by atoms with Crippen molar-refractivity contribution in [3.05, 3.63) is 71.8 Å². The van der Waals surface area contributed by atoms with Gasteiger partial charge in [-0.05, 0) is 24.5 Å². The zero-order valence-corrected chi connectivity index (χ0v) is 20.1. The van der Waals surface area contributed by atoms with Gasteiger partial charge in [-0.1, -0.05) is 67.6 Å². The molecule has 0 fully saturated rings. The highest BCUT2D eigenvalue weighted by Crippen LogP contribution is 2.18. The summed E-state index contributed by atoms with van der Waals surface area (Å²) in [6.45, 7) is 5.21. The number of amides is 1. The lowest BCUT2D eigenvalue weighted by Gasteiger charge is -2.24. The van der Waals surface area contributed by atoms with E-state index in [9.17, 15) is 4.79 Å². The van der Waals surface area contributed by atoms with E-state index in [1.807, 2.05) is 24.3 Å². The van der Waals surface area contributed by atoms with Gasteiger partial charge >= 0.3 is 0 Å². The summed E-state index contributed by atoms with van der Waals surface area (Å²) in [5.41, 5.74) is 2.54. The number of likely N-dealkylation sites (N-methyl/N-ethyl adjacent to an activating group) is 1. The molecule has 2 atom stereocenters. The highest BCUT2D eigenvalue weighted by Gasteiger charge is 2.16. The van der Waals surface area contributed by atoms with Crippen molar-refractivity contribution in [2.24, 2.45) is 4.99 Å². The van der Waals surface area contributed by atoms with Crippen molar-refractivity contribution in [1.29, 1.82) is 0 Å². The SMILES string of the molecule is CC(NC(=NCC(=O)N(C)C)NCCc1ccccc1)C(C)c1ccccc1.I. The smallest absolute Gasteiger partial charge is 0.243 e. The van der Waals surface area contributed by atoms with E-state index in [0.717, 1.165) is 13.0 Å². The third-order valence-corrected chi connectivity index (χ3v) is 4.86. The summed E-state index contributed by atoms with van der Waals surface area (Å²) in [5.74, 6) is 0.959. The van der Waals surface area contributed by atoms with Crippen molar-refractivity contribution < 1.29 is 4.79 Å². The normalized spacial score (nSPS) is 13.0. The number of nitrogens with zero attached hydrogens (tertiary/aromatic N) is 2. The van der Waals surface area contributed by atoms with Crippen LogP contribution in [0.1, 0.15) is 30.9 Å². The van der Waals surface area contributed by atoms with E-state index in [4.69, 9.17) is 0 Å². The predicted molar refractivity (Wildman–Crippen MR) is 132 cm³/mol. The van der Waals surface area contributed by atoms with E-state index in [-0.39, 0.29) is 42.5 Å². The zero-order valence-electron chi connectivity index (χ0n) is 17.8. The summed E-state index contributed by atoms with van der Waals surface area (Å²) >= 11 is 0. The molecular weight excluding hydrogens is 475 g/mol. The van der Waals surface area contributed by atoms with Crippen LogP contribution in [-0.4, -0.2) is 50.0 Å². The highest BCUT2D eigenvalue weighted by molar-refractivity contribution is 14.0. The molecule has 0 radical (unpaired) electrons. The number of aliphatic imine (C=N–C) groups is 1. The number of benzene rings is 2. The topological polar surface area (TPSA) is 56.7 Å². The van der Waals surface area contributed by atoms with Crippen LogP contribution >= 0.6 is 24.0 Å². The molecule has 0 aliphatic rings. The quantitative estimate of drug-likeness (QED) is 0.325. The molecule has 0 aliphatic heterocycles. The van der Waals surface area contributed by atoms with E-state index >= 15 is 0 Å². The lowest BCUT2D eigenvalue weighted by Crippen LogP contribution is -2.45. The lowest BCUT2D eigenvalue weighted by molar-refractivity contribution is -0.127. The number of halogens is 1. The Bertz CT molecular complexity index is 750. The zero-order chi connectivity index (χ0) is 20.4. The second kappa shape index (κ2) is 13.2. The molecule has 0 saturated heterocycles. The third-order valence-electron chi connectivity index (χ3n) is 4.86. The summed E-state index contributed by atoms with van der Waals surface area (Å²) < 4.78 is 0. The number of carbonyl (C=O) groups is 1. The van der Waals surface area contributed by atoms with Gasteiger partial charge < -0.3 is 15.5 Å². The molecule has 6 heteroatoms. The Kier molecular flexibility index (Phi) is 11.3. The molecule has 2 rings (SSSR count). The minimum atomic E-state index is -0.0204. The molecule has 2 N–H and O–H groups in total. The fraction of sp³-hybridized carbons (Fsp3) is 0.391. The van der Waals surface area contributed by atoms with Gasteiger partial charge in [0.25, 0.3) is 0 Å². The van der Waals surface area contributed by atoms with Crippen molar-refractivity contribution >= 4 is 35.8 Å². The maximum Gasteiger partial charge on any atom is 0.243 e. The number of nitrogens with one attached hydrogen (secondary N) is 2. The van der Waals surface area contributed by atoms with E-state index < -0.39 is 0 Å². The summed E-state index contributed by atoms with van der Waals surface area (Å²) in [6, 6.07) is 20.9. The van der Waals surface area contributed by atoms with Crippen molar-refractivity contribution in [2.45, 2.75) is 32.2 Å². The monoisotopic (exact) mass is 508 g/mol. The van der Waals surface area contributed by atoms with Crippen LogP contribution in [0.25, 0.3) is 0 Å². The van der Waals surface area contributed by atoms with Crippen molar-refractivity contribution in [3.63, 3.8) is 0 Å². The van der Waals surface area contributed by atoms with E-state index in [0.29, 0.717) is 11.9 Å². The first-order chi connectivity index (χ1) is 13.5. The van der Waals surface area contributed by atoms with Gasteiger partial charge in [-0.3, -0.25) is 4.79 Å². The number of rotatable bonds is 8. The van der Waals surface area contributed by atoms with E-state index in [1.54, 1.807) is 19.0 Å². The average molecular weight is 508 g/mol. The second-order valence-electron chi connectivity index (χ2n) is 7.25. The molecule has 2 aromatic carbocycles. The van der Waals surface area contributed by atoms with E-state index in [2.05, 4.69) is 65.9 Å². The Labute approximate surface area is 192 Å². The van der Waals surface area contributed by atoms with Crippen LogP contribution in [0.4, 0.5) is 0 Å². The summed E-state index contributed by atoms with van der Waals surface area (Å²) in [7, 11) is 3.49. The predicted octanol–water partition coefficient (Wildman–Crippen LogP) is 3.66. The number of guanidine groups is 1. The molecule has 158 valence electrons. The lowest BCUT2D eigenvalue weighted by atomic mass is 9.94. The maximum atomic E-state index is 11.9. The summed E-state index contributed by atoms with van der Waals surface area (Å²) in [4.78, 5) is 18.0. The molecular formula is C23H33IN4O. The van der Waals surface area contributed by atoms with Gasteiger partial charge in [0.1, 0.15) is 6.54 Å². The molecule has 2 unspecified atom stereocenters. The highest BCUT2D eigenvalue weighted by atomic mass is 127. The van der Waals surface area contributed by atoms with Crippen LogP contribution < -0.4 is 10.6 Å². The summed E-state index contributed by atoms with van der Waals surface area (Å²) in [6.07, 6.45) is 0.895. The van der Waals surface area contributed by atoms with Crippen LogP contribution in [0.3, 0.4) is 0 Å². The Morgan fingerprint density at radius 1 is 1.00 bits per heavy atom. The van der Waals surface area contributed by atoms with Gasteiger partial charge in [-0.2, -0.15) is 0 Å². The minimum Gasteiger partial charge on any atom is -0.356 e. The number of hydrogen-bond donors (Lipinski definition) is 2. The molecule has 2 aromatic rings. The second-order valence-corrected chi connectivity index (χ2v) is 7.25. The fourth-order valence-electron chi connectivity index (χ4n) is 2.80. The van der Waals surface area contributed by atoms with Crippen LogP contribution in [0.2, 0.25) is 0 Å². The molecule has 29 heavy (non-hydrogen) atoms. The van der Waals surface area contributed by atoms with Crippen LogP contribution in [0.5, 0.6) is 0 Å². The molecule has 1 amide bonds. The van der Waals surface area contributed by atoms with Gasteiger partial charge in [-0.15, -0.1) is 24.0 Å². The first-order valence-electron chi connectivity index (χ1n) is 9.81. The Morgan fingerprint density at radius 3 is 2.17 bits per heavy atom. The Balaban J connectivity index is 0.00000420. The fourth-order valence-corrected chi connectivity index (χ4v) is 2.80. The molecule has 5 nitrogen and oxygen atoms in total. The van der Waals surface area contributed by atoms with Gasteiger partial charge in [0.05, 0.1) is 0 Å². The van der Waals surface area contributed by atoms with Gasteiger partial charge in [-0.25, -0.2) is 4.99 Å². The molecule has 0 heterocycles. The largest absolute Gasteiger partial charge is 0.356 e. The average Bonchev–Trinajstić information content (AvgIpc) is 2.72. The molecule has 0 aromatic heterocycles. The molecule has 0 saturated carbocycles. The van der Waals surface area contributed by atoms with Crippen LogP contribution in [-0.2, 0) is 11.2 Å². The molecule has 0 bridgehead atoms. The van der Waals surface area contributed by atoms with E-state index in [1.165, 1.54) is 11.1 Å². The van der Waals surface area contributed by atoms with Crippen molar-refractivity contribution in [2.75, 3.05) is 27.2 Å². The minimum absolute atomic E-state index is 0. The third kappa shape index (κ3) is 8.85.